The predicted octanol–water partition coefficient (Wildman–Crippen LogP) is 1.37. The lowest BCUT2D eigenvalue weighted by molar-refractivity contribution is -0.145. The molecular formula is C13H17NO5S. The van der Waals surface area contributed by atoms with Crippen LogP contribution < -0.4 is 0 Å². The molecule has 0 aromatic heterocycles. The number of benzene rings is 1. The topological polar surface area (TPSA) is 91.8 Å². The average molecular weight is 299 g/mol. The van der Waals surface area contributed by atoms with Gasteiger partial charge in [0.1, 0.15) is 5.54 Å². The number of likely N-dealkylation sites (N-methyl/N-ethyl adjacent to an activating group) is 1. The standard InChI is InChI=1S/C13H17NO5S/c1-9(15)10-5-7-11(8-6-10)20(18,19)14(4)13(2,3)12(16)17/h5-8H,1-4H3,(H,16,17). The molecule has 0 aliphatic heterocycles. The highest BCUT2D eigenvalue weighted by Gasteiger charge is 2.40. The number of carboxylic acid groups (broad SMARTS) is 1. The fourth-order valence-corrected chi connectivity index (χ4v) is 2.93. The monoisotopic (exact) mass is 299 g/mol. The lowest BCUT2D eigenvalue weighted by Crippen LogP contribution is -2.50. The molecule has 0 fully saturated rings. The molecule has 0 amide bonds. The second-order valence-electron chi connectivity index (χ2n) is 4.92. The van der Waals surface area contributed by atoms with Crippen molar-refractivity contribution in [2.75, 3.05) is 7.05 Å². The van der Waals surface area contributed by atoms with Crippen LogP contribution in [0.5, 0.6) is 0 Å². The quantitative estimate of drug-likeness (QED) is 0.829. The molecular weight excluding hydrogens is 282 g/mol. The van der Waals surface area contributed by atoms with Gasteiger partial charge in [0.05, 0.1) is 4.90 Å². The fraction of sp³-hybridized carbons (Fsp3) is 0.385. The average Bonchev–Trinajstić information content (AvgIpc) is 2.37. The van der Waals surface area contributed by atoms with Crippen LogP contribution >= 0.6 is 0 Å². The van der Waals surface area contributed by atoms with Gasteiger partial charge < -0.3 is 5.11 Å². The Morgan fingerprint density at radius 3 is 1.95 bits per heavy atom. The number of hydrogen-bond acceptors (Lipinski definition) is 4. The fourth-order valence-electron chi connectivity index (χ4n) is 1.45. The van der Waals surface area contributed by atoms with Crippen molar-refractivity contribution in [1.29, 1.82) is 0 Å². The van der Waals surface area contributed by atoms with Gasteiger partial charge in [0, 0.05) is 12.6 Å². The van der Waals surface area contributed by atoms with Crippen molar-refractivity contribution in [3.8, 4) is 0 Å². The van der Waals surface area contributed by atoms with Crippen molar-refractivity contribution in [1.82, 2.24) is 4.31 Å². The van der Waals surface area contributed by atoms with Crippen LogP contribution in [-0.4, -0.2) is 42.2 Å². The maximum Gasteiger partial charge on any atom is 0.324 e. The molecule has 6 nitrogen and oxygen atoms in total. The Morgan fingerprint density at radius 2 is 1.60 bits per heavy atom. The van der Waals surface area contributed by atoms with E-state index in [4.69, 9.17) is 5.11 Å². The lowest BCUT2D eigenvalue weighted by Gasteiger charge is -2.30. The van der Waals surface area contributed by atoms with E-state index >= 15 is 0 Å². The Bertz CT molecular complexity index is 631. The minimum absolute atomic E-state index is 0.0562. The van der Waals surface area contributed by atoms with Crippen LogP contribution in [0.15, 0.2) is 29.2 Å². The number of carboxylic acids is 1. The third-order valence-corrected chi connectivity index (χ3v) is 5.28. The summed E-state index contributed by atoms with van der Waals surface area (Å²) in [5.74, 6) is -1.42. The molecule has 110 valence electrons. The first-order valence-electron chi connectivity index (χ1n) is 5.84. The molecule has 1 rings (SSSR count). The number of rotatable bonds is 5. The van der Waals surface area contributed by atoms with Gasteiger partial charge in [-0.05, 0) is 32.9 Å². The van der Waals surface area contributed by atoms with Gasteiger partial charge in [-0.25, -0.2) is 8.42 Å². The number of carbonyl (C=O) groups is 2. The Hall–Kier alpha value is -1.73. The Kier molecular flexibility index (Phi) is 4.36. The van der Waals surface area contributed by atoms with Gasteiger partial charge in [-0.1, -0.05) is 12.1 Å². The minimum atomic E-state index is -3.94. The molecule has 7 heteroatoms. The summed E-state index contributed by atoms with van der Waals surface area (Å²) in [6, 6.07) is 5.38. The number of sulfonamides is 1. The first kappa shape index (κ1) is 16.3. The smallest absolute Gasteiger partial charge is 0.324 e. The summed E-state index contributed by atoms with van der Waals surface area (Å²) in [6.07, 6.45) is 0. The molecule has 1 aromatic carbocycles. The Labute approximate surface area is 118 Å². The second kappa shape index (κ2) is 5.34. The van der Waals surface area contributed by atoms with Crippen LogP contribution in [0.3, 0.4) is 0 Å². The molecule has 1 N–H and O–H groups in total. The van der Waals surface area contributed by atoms with E-state index in [1.54, 1.807) is 0 Å². The molecule has 20 heavy (non-hydrogen) atoms. The molecule has 0 aliphatic rings. The SMILES string of the molecule is CC(=O)c1ccc(S(=O)(=O)N(C)C(C)(C)C(=O)O)cc1. The van der Waals surface area contributed by atoms with Crippen LogP contribution in [0.2, 0.25) is 0 Å². The van der Waals surface area contributed by atoms with Crippen LogP contribution in [0, 0.1) is 0 Å². The van der Waals surface area contributed by atoms with Crippen LogP contribution in [0.1, 0.15) is 31.1 Å². The maximum absolute atomic E-state index is 12.3. The summed E-state index contributed by atoms with van der Waals surface area (Å²) in [5, 5.41) is 9.09. The van der Waals surface area contributed by atoms with E-state index in [-0.39, 0.29) is 10.7 Å². The molecule has 0 saturated carbocycles. The van der Waals surface area contributed by atoms with E-state index in [9.17, 15) is 18.0 Å². The van der Waals surface area contributed by atoms with Crippen LogP contribution in [0.4, 0.5) is 0 Å². The van der Waals surface area contributed by atoms with Gasteiger partial charge >= 0.3 is 5.97 Å². The summed E-state index contributed by atoms with van der Waals surface area (Å²) in [5.41, 5.74) is -1.18. The lowest BCUT2D eigenvalue weighted by atomic mass is 10.1. The van der Waals surface area contributed by atoms with E-state index in [0.717, 1.165) is 4.31 Å². The number of ketones is 1. The minimum Gasteiger partial charge on any atom is -0.480 e. The van der Waals surface area contributed by atoms with Crippen molar-refractivity contribution in [3.05, 3.63) is 29.8 Å². The second-order valence-corrected chi connectivity index (χ2v) is 6.89. The van der Waals surface area contributed by atoms with Gasteiger partial charge in [0.25, 0.3) is 0 Å². The molecule has 0 spiro atoms. The van der Waals surface area contributed by atoms with E-state index in [1.165, 1.54) is 52.1 Å². The predicted molar refractivity (Wildman–Crippen MR) is 73.1 cm³/mol. The molecule has 1 aromatic rings. The van der Waals surface area contributed by atoms with Crippen molar-refractivity contribution >= 4 is 21.8 Å². The summed E-state index contributed by atoms with van der Waals surface area (Å²) >= 11 is 0. The molecule has 0 saturated heterocycles. The zero-order chi connectivity index (χ0) is 15.7. The van der Waals surface area contributed by atoms with Crippen molar-refractivity contribution in [2.24, 2.45) is 0 Å². The number of hydrogen-bond donors (Lipinski definition) is 1. The summed E-state index contributed by atoms with van der Waals surface area (Å²) in [4.78, 5) is 22.2. The van der Waals surface area contributed by atoms with Gasteiger partial charge in [-0.2, -0.15) is 4.31 Å². The van der Waals surface area contributed by atoms with Crippen molar-refractivity contribution < 1.29 is 23.1 Å². The maximum atomic E-state index is 12.3. The van der Waals surface area contributed by atoms with Crippen molar-refractivity contribution in [2.45, 2.75) is 31.2 Å². The third-order valence-electron chi connectivity index (χ3n) is 3.23. The van der Waals surface area contributed by atoms with Gasteiger partial charge in [0.2, 0.25) is 10.0 Å². The molecule has 0 heterocycles. The van der Waals surface area contributed by atoms with Gasteiger partial charge in [-0.15, -0.1) is 0 Å². The molecule has 0 atom stereocenters. The number of nitrogens with zero attached hydrogens (tertiary/aromatic N) is 1. The summed E-state index contributed by atoms with van der Waals surface area (Å²) < 4.78 is 25.5. The normalized spacial score (nSPS) is 12.4. The largest absolute Gasteiger partial charge is 0.480 e. The van der Waals surface area contributed by atoms with Gasteiger partial charge in [0.15, 0.2) is 5.78 Å². The molecule has 0 aliphatic carbocycles. The zero-order valence-electron chi connectivity index (χ0n) is 11.7. The van der Waals surface area contributed by atoms with Crippen molar-refractivity contribution in [3.63, 3.8) is 0 Å². The summed E-state index contributed by atoms with van der Waals surface area (Å²) in [7, 11) is -2.73. The Morgan fingerprint density at radius 1 is 1.15 bits per heavy atom. The molecule has 0 radical (unpaired) electrons. The highest BCUT2D eigenvalue weighted by molar-refractivity contribution is 7.89. The number of carbonyl (C=O) groups excluding carboxylic acids is 1. The van der Waals surface area contributed by atoms with Crippen LogP contribution in [-0.2, 0) is 14.8 Å². The van der Waals surface area contributed by atoms with E-state index in [2.05, 4.69) is 0 Å². The third kappa shape index (κ3) is 2.88. The van der Waals surface area contributed by atoms with E-state index in [1.807, 2.05) is 0 Å². The Balaban J connectivity index is 3.23. The van der Waals surface area contributed by atoms with E-state index in [0.29, 0.717) is 5.56 Å². The highest BCUT2D eigenvalue weighted by atomic mass is 32.2. The van der Waals surface area contributed by atoms with Crippen LogP contribution in [0.25, 0.3) is 0 Å². The summed E-state index contributed by atoms with van der Waals surface area (Å²) in [6.45, 7) is 3.98. The first-order valence-corrected chi connectivity index (χ1v) is 7.28. The molecule has 0 unspecified atom stereocenters. The number of Topliss-reactive ketones (excluding diaryl/α,β-unsaturated/α-hetero) is 1. The van der Waals surface area contributed by atoms with Gasteiger partial charge in [-0.3, -0.25) is 9.59 Å². The van der Waals surface area contributed by atoms with E-state index < -0.39 is 21.5 Å². The molecule has 0 bridgehead atoms. The zero-order valence-corrected chi connectivity index (χ0v) is 12.6. The highest BCUT2D eigenvalue weighted by Crippen LogP contribution is 2.23. The first-order chi connectivity index (χ1) is 9.01. The number of aliphatic carboxylic acids is 1.